The van der Waals surface area contributed by atoms with E-state index in [0.717, 1.165) is 0 Å². The van der Waals surface area contributed by atoms with Crippen LogP contribution in [0.15, 0.2) is 48.5 Å². The summed E-state index contributed by atoms with van der Waals surface area (Å²) in [4.78, 5) is 23.6. The van der Waals surface area contributed by atoms with E-state index < -0.39 is 5.91 Å². The Bertz CT molecular complexity index is 699. The second-order valence-electron chi connectivity index (χ2n) is 3.93. The molecule has 0 aliphatic heterocycles. The van der Waals surface area contributed by atoms with Crippen LogP contribution in [0, 0.1) is 11.3 Å². The van der Waals surface area contributed by atoms with Gasteiger partial charge in [0.2, 0.25) is 5.91 Å². The van der Waals surface area contributed by atoms with Crippen molar-refractivity contribution < 1.29 is 9.59 Å². The maximum atomic E-state index is 12.3. The molecule has 0 fully saturated rings. The van der Waals surface area contributed by atoms with Gasteiger partial charge in [-0.15, -0.1) is 0 Å². The zero-order valence-corrected chi connectivity index (χ0v) is 9.96. The first-order chi connectivity index (χ1) is 9.13. The van der Waals surface area contributed by atoms with E-state index in [1.807, 2.05) is 6.07 Å². The van der Waals surface area contributed by atoms with Crippen molar-refractivity contribution in [3.63, 3.8) is 0 Å². The van der Waals surface area contributed by atoms with Crippen LogP contribution in [0.5, 0.6) is 0 Å². The van der Waals surface area contributed by atoms with Gasteiger partial charge in [-0.05, 0) is 18.2 Å². The average molecular weight is 250 g/mol. The second-order valence-corrected chi connectivity index (χ2v) is 3.93. The minimum atomic E-state index is -0.652. The number of ketones is 1. The van der Waals surface area contributed by atoms with Crippen LogP contribution in [0.3, 0.4) is 0 Å². The molecule has 0 aliphatic carbocycles. The largest absolute Gasteiger partial charge is 0.366 e. The van der Waals surface area contributed by atoms with Gasteiger partial charge in [0.1, 0.15) is 0 Å². The minimum absolute atomic E-state index is 0.176. The molecule has 0 aromatic heterocycles. The van der Waals surface area contributed by atoms with Gasteiger partial charge in [0.15, 0.2) is 5.78 Å². The highest BCUT2D eigenvalue weighted by atomic mass is 16.1. The Labute approximate surface area is 110 Å². The van der Waals surface area contributed by atoms with Gasteiger partial charge in [-0.3, -0.25) is 9.59 Å². The van der Waals surface area contributed by atoms with Gasteiger partial charge in [0.25, 0.3) is 0 Å². The number of hydrogen-bond donors (Lipinski definition) is 1. The number of primary amides is 1. The van der Waals surface area contributed by atoms with Crippen LogP contribution in [0.2, 0.25) is 0 Å². The number of benzene rings is 2. The first kappa shape index (κ1) is 12.5. The maximum Gasteiger partial charge on any atom is 0.249 e. The molecule has 92 valence electrons. The van der Waals surface area contributed by atoms with Gasteiger partial charge in [0.05, 0.1) is 17.2 Å². The van der Waals surface area contributed by atoms with Crippen molar-refractivity contribution in [3.05, 3.63) is 70.8 Å². The highest BCUT2D eigenvalue weighted by Crippen LogP contribution is 2.15. The third kappa shape index (κ3) is 2.50. The monoisotopic (exact) mass is 250 g/mol. The van der Waals surface area contributed by atoms with E-state index in [2.05, 4.69) is 0 Å². The predicted octanol–water partition coefficient (Wildman–Crippen LogP) is 1.89. The topological polar surface area (TPSA) is 83.9 Å². The fourth-order valence-electron chi connectivity index (χ4n) is 1.78. The lowest BCUT2D eigenvalue weighted by atomic mass is 9.97. The Morgan fingerprint density at radius 2 is 1.68 bits per heavy atom. The number of rotatable bonds is 3. The zero-order valence-electron chi connectivity index (χ0n) is 9.96. The molecule has 0 saturated heterocycles. The molecule has 4 nitrogen and oxygen atoms in total. The van der Waals surface area contributed by atoms with Crippen molar-refractivity contribution in [2.24, 2.45) is 5.73 Å². The third-order valence-corrected chi connectivity index (χ3v) is 2.69. The van der Waals surface area contributed by atoms with Gasteiger partial charge in [0, 0.05) is 11.1 Å². The summed E-state index contributed by atoms with van der Waals surface area (Å²) in [7, 11) is 0. The SMILES string of the molecule is N#Cc1cccc(C(=O)c2ccccc2C(N)=O)c1. The predicted molar refractivity (Wildman–Crippen MR) is 69.5 cm³/mol. The lowest BCUT2D eigenvalue weighted by Crippen LogP contribution is -2.16. The fourth-order valence-corrected chi connectivity index (χ4v) is 1.78. The van der Waals surface area contributed by atoms with Crippen LogP contribution in [-0.4, -0.2) is 11.7 Å². The van der Waals surface area contributed by atoms with E-state index in [1.165, 1.54) is 12.1 Å². The van der Waals surface area contributed by atoms with Crippen LogP contribution >= 0.6 is 0 Å². The molecule has 2 aromatic rings. The van der Waals surface area contributed by atoms with Gasteiger partial charge in [-0.2, -0.15) is 5.26 Å². The quantitative estimate of drug-likeness (QED) is 0.844. The Balaban J connectivity index is 2.50. The van der Waals surface area contributed by atoms with E-state index in [1.54, 1.807) is 36.4 Å². The zero-order chi connectivity index (χ0) is 13.8. The highest BCUT2D eigenvalue weighted by Gasteiger charge is 2.16. The summed E-state index contributed by atoms with van der Waals surface area (Å²) in [6.07, 6.45) is 0. The molecule has 0 aliphatic rings. The molecule has 0 atom stereocenters. The Morgan fingerprint density at radius 1 is 1.00 bits per heavy atom. The summed E-state index contributed by atoms with van der Waals surface area (Å²) in [6.45, 7) is 0. The number of nitrogens with zero attached hydrogens (tertiary/aromatic N) is 1. The lowest BCUT2D eigenvalue weighted by Gasteiger charge is -2.05. The third-order valence-electron chi connectivity index (χ3n) is 2.69. The van der Waals surface area contributed by atoms with Crippen LogP contribution in [-0.2, 0) is 0 Å². The number of carbonyl (C=O) groups is 2. The van der Waals surface area contributed by atoms with Crippen molar-refractivity contribution in [2.75, 3.05) is 0 Å². The minimum Gasteiger partial charge on any atom is -0.366 e. The maximum absolute atomic E-state index is 12.3. The van der Waals surface area contributed by atoms with Crippen LogP contribution in [0.1, 0.15) is 31.8 Å². The molecule has 4 heteroatoms. The Morgan fingerprint density at radius 3 is 2.32 bits per heavy atom. The van der Waals surface area contributed by atoms with Crippen molar-refractivity contribution in [2.45, 2.75) is 0 Å². The Hall–Kier alpha value is -2.93. The molecule has 2 aromatic carbocycles. The summed E-state index contributed by atoms with van der Waals surface area (Å²) >= 11 is 0. The van der Waals surface area contributed by atoms with Crippen molar-refractivity contribution >= 4 is 11.7 Å². The van der Waals surface area contributed by atoms with E-state index in [4.69, 9.17) is 11.0 Å². The van der Waals surface area contributed by atoms with Crippen LogP contribution in [0.4, 0.5) is 0 Å². The van der Waals surface area contributed by atoms with E-state index in [-0.39, 0.29) is 16.9 Å². The number of amides is 1. The van der Waals surface area contributed by atoms with Gasteiger partial charge in [-0.1, -0.05) is 30.3 Å². The summed E-state index contributed by atoms with van der Waals surface area (Å²) in [5, 5.41) is 8.82. The summed E-state index contributed by atoms with van der Waals surface area (Å²) in [5.74, 6) is -0.980. The molecule has 0 bridgehead atoms. The lowest BCUT2D eigenvalue weighted by molar-refractivity contribution is 0.0981. The van der Waals surface area contributed by atoms with Gasteiger partial charge >= 0.3 is 0 Å². The molecular weight excluding hydrogens is 240 g/mol. The van der Waals surface area contributed by atoms with E-state index >= 15 is 0 Å². The molecule has 0 radical (unpaired) electrons. The molecule has 0 saturated carbocycles. The molecule has 19 heavy (non-hydrogen) atoms. The van der Waals surface area contributed by atoms with Crippen molar-refractivity contribution in [1.29, 1.82) is 5.26 Å². The number of carbonyl (C=O) groups excluding carboxylic acids is 2. The smallest absolute Gasteiger partial charge is 0.249 e. The summed E-state index contributed by atoms with van der Waals surface area (Å²) < 4.78 is 0. The van der Waals surface area contributed by atoms with Crippen molar-refractivity contribution in [3.8, 4) is 6.07 Å². The first-order valence-corrected chi connectivity index (χ1v) is 5.57. The van der Waals surface area contributed by atoms with Crippen LogP contribution in [0.25, 0.3) is 0 Å². The second kappa shape index (κ2) is 5.15. The van der Waals surface area contributed by atoms with Crippen molar-refractivity contribution in [1.82, 2.24) is 0 Å². The molecule has 0 heterocycles. The Kier molecular flexibility index (Phi) is 3.39. The molecule has 1 amide bonds. The van der Waals surface area contributed by atoms with Crippen LogP contribution < -0.4 is 5.73 Å². The number of hydrogen-bond acceptors (Lipinski definition) is 3. The normalized spacial score (nSPS) is 9.63. The summed E-state index contributed by atoms with van der Waals surface area (Å²) in [6, 6.07) is 14.6. The molecule has 2 N–H and O–H groups in total. The average Bonchev–Trinajstić information content (AvgIpc) is 2.46. The van der Waals surface area contributed by atoms with Gasteiger partial charge in [-0.25, -0.2) is 0 Å². The van der Waals surface area contributed by atoms with E-state index in [0.29, 0.717) is 11.1 Å². The fraction of sp³-hybridized carbons (Fsp3) is 0. The van der Waals surface area contributed by atoms with E-state index in [9.17, 15) is 9.59 Å². The molecular formula is C15H10N2O2. The summed E-state index contributed by atoms with van der Waals surface area (Å²) in [5.41, 5.74) is 6.41. The molecule has 0 spiro atoms. The number of nitrogens with two attached hydrogens (primary N) is 1. The number of nitriles is 1. The molecule has 2 rings (SSSR count). The standard InChI is InChI=1S/C15H10N2O2/c16-9-10-4-3-5-11(8-10)14(18)12-6-1-2-7-13(12)15(17)19/h1-8H,(H2,17,19). The van der Waals surface area contributed by atoms with Gasteiger partial charge < -0.3 is 5.73 Å². The highest BCUT2D eigenvalue weighted by molar-refractivity contribution is 6.15. The molecule has 0 unspecified atom stereocenters. The first-order valence-electron chi connectivity index (χ1n) is 5.57.